The number of likely N-dealkylation sites (tertiary alicyclic amines) is 1. The molecule has 0 radical (unpaired) electrons. The maximum absolute atomic E-state index is 13.1. The van der Waals surface area contributed by atoms with E-state index in [1.807, 2.05) is 11.8 Å². The zero-order chi connectivity index (χ0) is 18.7. The van der Waals surface area contributed by atoms with E-state index < -0.39 is 0 Å². The summed E-state index contributed by atoms with van der Waals surface area (Å²) in [6.07, 6.45) is 3.67. The maximum atomic E-state index is 13.1. The fourth-order valence-electron chi connectivity index (χ4n) is 3.18. The Bertz CT molecular complexity index is 797. The molecule has 7 heteroatoms. The first-order valence-electron chi connectivity index (χ1n) is 8.67. The number of nitrogens with one attached hydrogen (secondary N) is 1. The van der Waals surface area contributed by atoms with Gasteiger partial charge in [0.05, 0.1) is 15.6 Å². The molecule has 1 aromatic heterocycles. The number of carbonyl (C=O) groups excluding carboxylic acids is 1. The van der Waals surface area contributed by atoms with Crippen molar-refractivity contribution in [2.75, 3.05) is 18.4 Å². The summed E-state index contributed by atoms with van der Waals surface area (Å²) in [6, 6.07) is 8.83. The Morgan fingerprint density at radius 2 is 2.15 bits per heavy atom. The van der Waals surface area contributed by atoms with E-state index in [1.54, 1.807) is 36.5 Å². The number of benzene rings is 1. The molecule has 1 aliphatic rings. The van der Waals surface area contributed by atoms with Crippen molar-refractivity contribution in [3.8, 4) is 0 Å². The molecule has 1 aliphatic heterocycles. The van der Waals surface area contributed by atoms with E-state index in [4.69, 9.17) is 28.9 Å². The molecule has 2 aromatic rings. The minimum Gasteiger partial charge on any atom is -0.340 e. The van der Waals surface area contributed by atoms with E-state index in [0.29, 0.717) is 33.9 Å². The first kappa shape index (κ1) is 19.0. The molecular formula is C19H22Cl2N4O. The molecule has 0 saturated carbocycles. The summed E-state index contributed by atoms with van der Waals surface area (Å²) in [6.45, 7) is 3.42. The van der Waals surface area contributed by atoms with Crippen LogP contribution in [-0.4, -0.2) is 34.9 Å². The molecule has 3 rings (SSSR count). The van der Waals surface area contributed by atoms with Gasteiger partial charge in [-0.25, -0.2) is 4.98 Å². The van der Waals surface area contributed by atoms with Crippen LogP contribution in [0.5, 0.6) is 0 Å². The minimum atomic E-state index is -0.0361. The summed E-state index contributed by atoms with van der Waals surface area (Å²) in [5.74, 6) is 0.792. The number of amides is 1. The SMILES string of the molecule is CC(N)C1CCCN(C(=O)c2cccnc2Nc2ccc(Cl)c(Cl)c2)C1. The Kier molecular flexibility index (Phi) is 6.01. The van der Waals surface area contributed by atoms with Gasteiger partial charge in [0, 0.05) is 31.0 Å². The highest BCUT2D eigenvalue weighted by molar-refractivity contribution is 6.42. The van der Waals surface area contributed by atoms with Crippen molar-refractivity contribution in [2.45, 2.75) is 25.8 Å². The summed E-state index contributed by atoms with van der Waals surface area (Å²) >= 11 is 12.0. The zero-order valence-electron chi connectivity index (χ0n) is 14.6. The molecule has 0 bridgehead atoms. The highest BCUT2D eigenvalue weighted by atomic mass is 35.5. The molecule has 3 N–H and O–H groups in total. The van der Waals surface area contributed by atoms with Gasteiger partial charge >= 0.3 is 0 Å². The zero-order valence-corrected chi connectivity index (χ0v) is 16.1. The fraction of sp³-hybridized carbons (Fsp3) is 0.368. The lowest BCUT2D eigenvalue weighted by molar-refractivity contribution is 0.0661. The fourth-order valence-corrected chi connectivity index (χ4v) is 3.48. The molecule has 0 aliphatic carbocycles. The second-order valence-corrected chi connectivity index (χ2v) is 7.48. The van der Waals surface area contributed by atoms with Crippen molar-refractivity contribution in [2.24, 2.45) is 11.7 Å². The molecule has 2 unspecified atom stereocenters. The van der Waals surface area contributed by atoms with Crippen LogP contribution < -0.4 is 11.1 Å². The average Bonchev–Trinajstić information content (AvgIpc) is 2.65. The summed E-state index contributed by atoms with van der Waals surface area (Å²) in [4.78, 5) is 19.3. The second kappa shape index (κ2) is 8.25. The summed E-state index contributed by atoms with van der Waals surface area (Å²) in [7, 11) is 0. The number of hydrogen-bond acceptors (Lipinski definition) is 4. The predicted molar refractivity (Wildman–Crippen MR) is 106 cm³/mol. The molecular weight excluding hydrogens is 371 g/mol. The number of piperidine rings is 1. The first-order chi connectivity index (χ1) is 12.5. The quantitative estimate of drug-likeness (QED) is 0.811. The minimum absolute atomic E-state index is 0.0361. The standard InChI is InChI=1S/C19H22Cl2N4O/c1-12(22)13-4-3-9-25(11-13)19(26)15-5-2-8-23-18(15)24-14-6-7-16(20)17(21)10-14/h2,5-8,10,12-13H,3-4,9,11,22H2,1H3,(H,23,24). The van der Waals surface area contributed by atoms with Gasteiger partial charge in [0.25, 0.3) is 5.91 Å². The monoisotopic (exact) mass is 392 g/mol. The van der Waals surface area contributed by atoms with Crippen LogP contribution >= 0.6 is 23.2 Å². The van der Waals surface area contributed by atoms with Crippen molar-refractivity contribution < 1.29 is 4.79 Å². The van der Waals surface area contributed by atoms with Gasteiger partial charge in [0.1, 0.15) is 5.82 Å². The molecule has 2 atom stereocenters. The maximum Gasteiger partial charge on any atom is 0.257 e. The molecule has 5 nitrogen and oxygen atoms in total. The topological polar surface area (TPSA) is 71.2 Å². The van der Waals surface area contributed by atoms with Gasteiger partial charge in [-0.05, 0) is 56.0 Å². The summed E-state index contributed by atoms with van der Waals surface area (Å²) in [5, 5.41) is 4.09. The number of hydrogen-bond donors (Lipinski definition) is 2. The number of halogens is 2. The Hall–Kier alpha value is -1.82. The third-order valence-electron chi connectivity index (χ3n) is 4.71. The van der Waals surface area contributed by atoms with Gasteiger partial charge < -0.3 is 16.0 Å². The van der Waals surface area contributed by atoms with Crippen LogP contribution in [0.3, 0.4) is 0 Å². The average molecular weight is 393 g/mol. The number of pyridine rings is 1. The van der Waals surface area contributed by atoms with E-state index in [1.165, 1.54) is 0 Å². The summed E-state index contributed by atoms with van der Waals surface area (Å²) < 4.78 is 0. The second-order valence-electron chi connectivity index (χ2n) is 6.67. The molecule has 26 heavy (non-hydrogen) atoms. The third kappa shape index (κ3) is 4.29. The lowest BCUT2D eigenvalue weighted by Crippen LogP contribution is -2.45. The number of aromatic nitrogens is 1. The Labute approximate surface area is 163 Å². The van der Waals surface area contributed by atoms with Gasteiger partial charge in [-0.2, -0.15) is 0 Å². The van der Waals surface area contributed by atoms with E-state index in [-0.39, 0.29) is 11.9 Å². The van der Waals surface area contributed by atoms with E-state index in [0.717, 1.165) is 25.1 Å². The predicted octanol–water partition coefficient (Wildman–Crippen LogP) is 4.33. The molecule has 138 valence electrons. The van der Waals surface area contributed by atoms with Gasteiger partial charge in [-0.1, -0.05) is 23.2 Å². The highest BCUT2D eigenvalue weighted by Crippen LogP contribution is 2.28. The number of nitrogens with two attached hydrogens (primary N) is 1. The number of anilines is 2. The van der Waals surface area contributed by atoms with Crippen molar-refractivity contribution >= 4 is 40.6 Å². The van der Waals surface area contributed by atoms with Gasteiger partial charge in [0.2, 0.25) is 0 Å². The van der Waals surface area contributed by atoms with Gasteiger partial charge in [-0.15, -0.1) is 0 Å². The Morgan fingerprint density at radius 1 is 1.35 bits per heavy atom. The van der Waals surface area contributed by atoms with Crippen LogP contribution in [0.15, 0.2) is 36.5 Å². The van der Waals surface area contributed by atoms with Crippen LogP contribution in [0.1, 0.15) is 30.1 Å². The highest BCUT2D eigenvalue weighted by Gasteiger charge is 2.27. The number of rotatable bonds is 4. The van der Waals surface area contributed by atoms with Crippen molar-refractivity contribution in [3.05, 3.63) is 52.1 Å². The smallest absolute Gasteiger partial charge is 0.257 e. The van der Waals surface area contributed by atoms with E-state index in [2.05, 4.69) is 10.3 Å². The van der Waals surface area contributed by atoms with Crippen LogP contribution in [-0.2, 0) is 0 Å². The van der Waals surface area contributed by atoms with Crippen molar-refractivity contribution in [3.63, 3.8) is 0 Å². The van der Waals surface area contributed by atoms with Crippen LogP contribution in [0, 0.1) is 5.92 Å². The largest absolute Gasteiger partial charge is 0.340 e. The third-order valence-corrected chi connectivity index (χ3v) is 5.45. The van der Waals surface area contributed by atoms with Crippen LogP contribution in [0.25, 0.3) is 0 Å². The van der Waals surface area contributed by atoms with E-state index in [9.17, 15) is 4.79 Å². The molecule has 1 fully saturated rings. The Balaban J connectivity index is 1.82. The number of carbonyl (C=O) groups is 1. The molecule has 1 aromatic carbocycles. The normalized spacial score (nSPS) is 18.5. The van der Waals surface area contributed by atoms with Crippen molar-refractivity contribution in [1.29, 1.82) is 0 Å². The molecule has 2 heterocycles. The van der Waals surface area contributed by atoms with Crippen LogP contribution in [0.2, 0.25) is 10.0 Å². The lowest BCUT2D eigenvalue weighted by Gasteiger charge is -2.34. The molecule has 1 saturated heterocycles. The van der Waals surface area contributed by atoms with Crippen LogP contribution in [0.4, 0.5) is 11.5 Å². The molecule has 1 amide bonds. The van der Waals surface area contributed by atoms with Gasteiger partial charge in [0.15, 0.2) is 0 Å². The first-order valence-corrected chi connectivity index (χ1v) is 9.43. The van der Waals surface area contributed by atoms with E-state index >= 15 is 0 Å². The lowest BCUT2D eigenvalue weighted by atomic mass is 9.92. The van der Waals surface area contributed by atoms with Crippen molar-refractivity contribution in [1.82, 2.24) is 9.88 Å². The van der Waals surface area contributed by atoms with Gasteiger partial charge in [-0.3, -0.25) is 4.79 Å². The summed E-state index contributed by atoms with van der Waals surface area (Å²) in [5.41, 5.74) is 7.29. The Morgan fingerprint density at radius 3 is 2.88 bits per heavy atom. The molecule has 0 spiro atoms. The number of nitrogens with zero attached hydrogens (tertiary/aromatic N) is 2.